The van der Waals surface area contributed by atoms with Crippen LogP contribution in [0.5, 0.6) is 5.75 Å². The van der Waals surface area contributed by atoms with Gasteiger partial charge < -0.3 is 4.74 Å². The van der Waals surface area contributed by atoms with E-state index in [1.165, 1.54) is 26.3 Å². The van der Waals surface area contributed by atoms with E-state index in [2.05, 4.69) is 0 Å². The lowest BCUT2D eigenvalue weighted by molar-refractivity contribution is -0.132. The highest BCUT2D eigenvalue weighted by Gasteiger charge is 2.52. The number of ether oxygens (including phenoxy) is 1. The van der Waals surface area contributed by atoms with Crippen LogP contribution in [0.4, 0.5) is 4.39 Å². The first-order valence-corrected chi connectivity index (χ1v) is 5.38. The van der Waals surface area contributed by atoms with Crippen LogP contribution in [-0.4, -0.2) is 25.1 Å². The molecule has 0 radical (unpaired) electrons. The van der Waals surface area contributed by atoms with E-state index < -0.39 is 11.2 Å². The molecule has 0 saturated heterocycles. The fourth-order valence-electron chi connectivity index (χ4n) is 2.05. The predicted molar refractivity (Wildman–Crippen MR) is 60.8 cm³/mol. The number of hydrogen-bond acceptors (Lipinski definition) is 3. The summed E-state index contributed by atoms with van der Waals surface area (Å²) in [6, 6.07) is 4.61. The van der Waals surface area contributed by atoms with Crippen LogP contribution in [-0.2, 0) is 10.2 Å². The summed E-state index contributed by atoms with van der Waals surface area (Å²) in [5, 5.41) is 1.06. The van der Waals surface area contributed by atoms with Gasteiger partial charge in [0.1, 0.15) is 0 Å². The number of carbonyl (C=O) groups excluding carboxylic acids is 1. The third-order valence-corrected chi connectivity index (χ3v) is 3.18. The standard InChI is InChI=1S/C12H15FN2O2/c1-15(14)11(16)12(5-6-12)8-3-4-10(17-2)9(13)7-8/h3-4,7H,5-6,14H2,1-2H3. The minimum absolute atomic E-state index is 0.179. The second-order valence-electron chi connectivity index (χ2n) is 4.35. The van der Waals surface area contributed by atoms with Crippen molar-refractivity contribution in [3.8, 4) is 5.75 Å². The molecule has 1 saturated carbocycles. The molecule has 2 rings (SSSR count). The van der Waals surface area contributed by atoms with E-state index in [-0.39, 0.29) is 11.7 Å². The number of halogens is 1. The maximum atomic E-state index is 13.6. The zero-order valence-corrected chi connectivity index (χ0v) is 9.87. The Labute approximate surface area is 99.1 Å². The van der Waals surface area contributed by atoms with Gasteiger partial charge in [-0.25, -0.2) is 10.2 Å². The summed E-state index contributed by atoms with van der Waals surface area (Å²) in [6.45, 7) is 0. The molecular formula is C12H15FN2O2. The summed E-state index contributed by atoms with van der Waals surface area (Å²) < 4.78 is 18.4. The molecule has 1 aliphatic rings. The Morgan fingerprint density at radius 3 is 2.59 bits per heavy atom. The molecule has 0 bridgehead atoms. The highest BCUT2D eigenvalue weighted by atomic mass is 19.1. The summed E-state index contributed by atoms with van der Waals surface area (Å²) in [6.07, 6.45) is 1.41. The highest BCUT2D eigenvalue weighted by Crippen LogP contribution is 2.49. The third-order valence-electron chi connectivity index (χ3n) is 3.18. The van der Waals surface area contributed by atoms with Gasteiger partial charge in [-0.1, -0.05) is 6.07 Å². The van der Waals surface area contributed by atoms with Crippen LogP contribution < -0.4 is 10.6 Å². The van der Waals surface area contributed by atoms with E-state index in [4.69, 9.17) is 10.6 Å². The Kier molecular flexibility index (Phi) is 2.79. The zero-order chi connectivity index (χ0) is 12.6. The first-order valence-electron chi connectivity index (χ1n) is 5.38. The minimum Gasteiger partial charge on any atom is -0.494 e. The summed E-state index contributed by atoms with van der Waals surface area (Å²) in [5.74, 6) is 5.00. The number of benzene rings is 1. The molecular weight excluding hydrogens is 223 g/mol. The van der Waals surface area contributed by atoms with Crippen LogP contribution in [0.3, 0.4) is 0 Å². The maximum Gasteiger partial charge on any atom is 0.246 e. The molecule has 1 aromatic carbocycles. The molecule has 1 amide bonds. The highest BCUT2D eigenvalue weighted by molar-refractivity contribution is 5.90. The van der Waals surface area contributed by atoms with Gasteiger partial charge in [0.05, 0.1) is 12.5 Å². The number of hydrogen-bond donors (Lipinski definition) is 1. The molecule has 0 heterocycles. The normalized spacial score (nSPS) is 16.5. The quantitative estimate of drug-likeness (QED) is 0.489. The van der Waals surface area contributed by atoms with Crippen LogP contribution in [0.2, 0.25) is 0 Å². The number of hydrazine groups is 1. The average molecular weight is 238 g/mol. The van der Waals surface area contributed by atoms with Crippen molar-refractivity contribution in [2.75, 3.05) is 14.2 Å². The van der Waals surface area contributed by atoms with E-state index >= 15 is 0 Å². The zero-order valence-electron chi connectivity index (χ0n) is 9.87. The molecule has 0 spiro atoms. The molecule has 0 aromatic heterocycles. The van der Waals surface area contributed by atoms with Crippen LogP contribution in [0.25, 0.3) is 0 Å². The Bertz CT molecular complexity index is 456. The molecule has 2 N–H and O–H groups in total. The average Bonchev–Trinajstić information content (AvgIpc) is 3.09. The minimum atomic E-state index is -0.628. The number of amides is 1. The third kappa shape index (κ3) is 1.86. The number of methoxy groups -OCH3 is 1. The first-order chi connectivity index (χ1) is 8.01. The Balaban J connectivity index is 2.35. The van der Waals surface area contributed by atoms with Gasteiger partial charge in [0.15, 0.2) is 11.6 Å². The Hall–Kier alpha value is -1.62. The van der Waals surface area contributed by atoms with Crippen LogP contribution in [0.1, 0.15) is 18.4 Å². The van der Waals surface area contributed by atoms with Gasteiger partial charge >= 0.3 is 0 Å². The van der Waals surface area contributed by atoms with Gasteiger partial charge in [-0.05, 0) is 30.5 Å². The van der Waals surface area contributed by atoms with Crippen LogP contribution in [0.15, 0.2) is 18.2 Å². The van der Waals surface area contributed by atoms with Crippen LogP contribution in [0, 0.1) is 5.82 Å². The Morgan fingerprint density at radius 2 is 2.18 bits per heavy atom. The largest absolute Gasteiger partial charge is 0.494 e. The topological polar surface area (TPSA) is 55.6 Å². The van der Waals surface area contributed by atoms with Crippen molar-refractivity contribution < 1.29 is 13.9 Å². The number of carbonyl (C=O) groups is 1. The fourth-order valence-corrected chi connectivity index (χ4v) is 2.05. The number of likely N-dealkylation sites (N-methyl/N-ethyl adjacent to an activating group) is 1. The number of nitrogens with zero attached hydrogens (tertiary/aromatic N) is 1. The Morgan fingerprint density at radius 1 is 1.53 bits per heavy atom. The molecule has 17 heavy (non-hydrogen) atoms. The van der Waals surface area contributed by atoms with Crippen molar-refractivity contribution in [1.82, 2.24) is 5.01 Å². The lowest BCUT2D eigenvalue weighted by atomic mass is 9.94. The monoisotopic (exact) mass is 238 g/mol. The molecule has 0 atom stereocenters. The number of rotatable bonds is 3. The summed E-state index contributed by atoms with van der Waals surface area (Å²) >= 11 is 0. The molecule has 4 nitrogen and oxygen atoms in total. The molecule has 1 fully saturated rings. The van der Waals surface area contributed by atoms with Crippen LogP contribution >= 0.6 is 0 Å². The van der Waals surface area contributed by atoms with Gasteiger partial charge in [-0.15, -0.1) is 0 Å². The molecule has 92 valence electrons. The van der Waals surface area contributed by atoms with Crippen molar-refractivity contribution >= 4 is 5.91 Å². The predicted octanol–water partition coefficient (Wildman–Crippen LogP) is 1.20. The fraction of sp³-hybridized carbons (Fsp3) is 0.417. The summed E-state index contributed by atoms with van der Waals surface area (Å²) in [5.41, 5.74) is 0.0365. The first kappa shape index (κ1) is 11.9. The van der Waals surface area contributed by atoms with E-state index in [0.29, 0.717) is 18.4 Å². The lowest BCUT2D eigenvalue weighted by Gasteiger charge is -2.20. The van der Waals surface area contributed by atoms with Crippen molar-refractivity contribution in [2.24, 2.45) is 5.84 Å². The van der Waals surface area contributed by atoms with E-state index in [9.17, 15) is 9.18 Å². The van der Waals surface area contributed by atoms with Crippen molar-refractivity contribution in [3.05, 3.63) is 29.6 Å². The number of nitrogens with two attached hydrogens (primary N) is 1. The van der Waals surface area contributed by atoms with E-state index in [0.717, 1.165) is 5.01 Å². The van der Waals surface area contributed by atoms with Gasteiger partial charge in [-0.3, -0.25) is 9.80 Å². The van der Waals surface area contributed by atoms with E-state index in [1.807, 2.05) is 0 Å². The second kappa shape index (κ2) is 4.00. The summed E-state index contributed by atoms with van der Waals surface area (Å²) in [7, 11) is 2.91. The molecule has 0 unspecified atom stereocenters. The molecule has 5 heteroatoms. The van der Waals surface area contributed by atoms with E-state index in [1.54, 1.807) is 6.07 Å². The van der Waals surface area contributed by atoms with Gasteiger partial charge in [-0.2, -0.15) is 0 Å². The van der Waals surface area contributed by atoms with Gasteiger partial charge in [0.25, 0.3) is 0 Å². The van der Waals surface area contributed by atoms with Gasteiger partial charge in [0.2, 0.25) is 5.91 Å². The lowest BCUT2D eigenvalue weighted by Crippen LogP contribution is -2.41. The smallest absolute Gasteiger partial charge is 0.246 e. The van der Waals surface area contributed by atoms with Gasteiger partial charge in [0, 0.05) is 7.05 Å². The second-order valence-corrected chi connectivity index (χ2v) is 4.35. The van der Waals surface area contributed by atoms with Crippen molar-refractivity contribution in [1.29, 1.82) is 0 Å². The summed E-state index contributed by atoms with van der Waals surface area (Å²) in [4.78, 5) is 11.9. The maximum absolute atomic E-state index is 13.6. The molecule has 1 aliphatic carbocycles. The van der Waals surface area contributed by atoms with Crippen molar-refractivity contribution in [3.63, 3.8) is 0 Å². The molecule has 1 aromatic rings. The van der Waals surface area contributed by atoms with Crippen molar-refractivity contribution in [2.45, 2.75) is 18.3 Å². The molecule has 0 aliphatic heterocycles. The SMILES string of the molecule is COc1ccc(C2(C(=O)N(C)N)CC2)cc1F.